The van der Waals surface area contributed by atoms with Crippen LogP contribution in [0.15, 0.2) is 65.6 Å². The molecule has 0 saturated heterocycles. The minimum atomic E-state index is -4.02. The third-order valence-corrected chi connectivity index (χ3v) is 4.35. The molecular formula is C19H21NO3S. The van der Waals surface area contributed by atoms with Gasteiger partial charge in [-0.15, -0.1) is 0 Å². The van der Waals surface area contributed by atoms with Gasteiger partial charge in [-0.25, -0.2) is 0 Å². The van der Waals surface area contributed by atoms with Gasteiger partial charge in [0.25, 0.3) is 10.1 Å². The summed E-state index contributed by atoms with van der Waals surface area (Å²) in [5.74, 6) is 0. The molecule has 0 atom stereocenters. The van der Waals surface area contributed by atoms with Gasteiger partial charge in [0.1, 0.15) is 0 Å². The Morgan fingerprint density at radius 2 is 1.62 bits per heavy atom. The maximum Gasteiger partial charge on any atom is 0.294 e. The van der Waals surface area contributed by atoms with Crippen molar-refractivity contribution >= 4 is 21.0 Å². The van der Waals surface area contributed by atoms with Gasteiger partial charge in [0.2, 0.25) is 0 Å². The lowest BCUT2D eigenvalue weighted by Gasteiger charge is -2.00. The van der Waals surface area contributed by atoms with Crippen molar-refractivity contribution in [3.05, 3.63) is 71.9 Å². The second kappa shape index (κ2) is 8.04. The normalized spacial score (nSPS) is 11.0. The number of fused-ring (bicyclic) bond motifs is 1. The van der Waals surface area contributed by atoms with E-state index in [2.05, 4.69) is 36.2 Å². The number of aryl methyl sites for hydroxylation is 2. The average Bonchev–Trinajstić information content (AvgIpc) is 2.55. The van der Waals surface area contributed by atoms with Crippen LogP contribution in [-0.2, 0) is 16.5 Å². The van der Waals surface area contributed by atoms with Crippen molar-refractivity contribution in [1.82, 2.24) is 4.98 Å². The predicted octanol–water partition coefficient (Wildman–Crippen LogP) is 4.43. The van der Waals surface area contributed by atoms with Gasteiger partial charge in [0, 0.05) is 11.1 Å². The third kappa shape index (κ3) is 5.15. The summed E-state index contributed by atoms with van der Waals surface area (Å²) in [6.07, 6.45) is 2.23. The third-order valence-electron chi connectivity index (χ3n) is 3.48. The molecule has 1 aromatic heterocycles. The number of pyridine rings is 1. The molecule has 3 rings (SSSR count). The number of rotatable bonds is 3. The molecule has 0 spiro atoms. The zero-order chi connectivity index (χ0) is 17.6. The first-order valence-electron chi connectivity index (χ1n) is 7.79. The second-order valence-electron chi connectivity index (χ2n) is 5.53. The van der Waals surface area contributed by atoms with Crippen LogP contribution in [0.5, 0.6) is 0 Å². The summed E-state index contributed by atoms with van der Waals surface area (Å²) in [7, 11) is -4.02. The summed E-state index contributed by atoms with van der Waals surface area (Å²) in [6.45, 7) is 4.02. The first-order valence-corrected chi connectivity index (χ1v) is 9.23. The summed E-state index contributed by atoms with van der Waals surface area (Å²) in [5, 5.41) is 1.22. The number of hydrogen-bond donors (Lipinski definition) is 1. The van der Waals surface area contributed by atoms with Gasteiger partial charge in [-0.3, -0.25) is 9.54 Å². The van der Waals surface area contributed by atoms with E-state index < -0.39 is 10.1 Å². The van der Waals surface area contributed by atoms with E-state index >= 15 is 0 Å². The van der Waals surface area contributed by atoms with Crippen molar-refractivity contribution in [1.29, 1.82) is 0 Å². The fourth-order valence-corrected chi connectivity index (χ4v) is 2.69. The molecule has 4 nitrogen and oxygen atoms in total. The van der Waals surface area contributed by atoms with E-state index in [9.17, 15) is 8.42 Å². The van der Waals surface area contributed by atoms with Crippen molar-refractivity contribution in [3.8, 4) is 0 Å². The van der Waals surface area contributed by atoms with Crippen LogP contribution < -0.4 is 0 Å². The van der Waals surface area contributed by atoms with Gasteiger partial charge in [-0.05, 0) is 37.6 Å². The van der Waals surface area contributed by atoms with E-state index in [0.29, 0.717) is 0 Å². The van der Waals surface area contributed by atoms with E-state index in [-0.39, 0.29) is 4.90 Å². The highest BCUT2D eigenvalue weighted by atomic mass is 32.2. The van der Waals surface area contributed by atoms with Gasteiger partial charge in [0.15, 0.2) is 0 Å². The van der Waals surface area contributed by atoms with E-state index in [0.717, 1.165) is 23.9 Å². The Morgan fingerprint density at radius 1 is 0.958 bits per heavy atom. The minimum Gasteiger partial charge on any atom is -0.282 e. The Morgan fingerprint density at radius 3 is 2.25 bits per heavy atom. The number of benzene rings is 2. The summed E-state index contributed by atoms with van der Waals surface area (Å²) in [4.78, 5) is 4.50. The summed E-state index contributed by atoms with van der Waals surface area (Å²) in [5.41, 5.74) is 3.26. The van der Waals surface area contributed by atoms with Crippen LogP contribution in [0.2, 0.25) is 0 Å². The van der Waals surface area contributed by atoms with E-state index in [1.54, 1.807) is 12.1 Å². The molecular weight excluding hydrogens is 322 g/mol. The zero-order valence-electron chi connectivity index (χ0n) is 13.8. The molecule has 3 aromatic rings. The largest absolute Gasteiger partial charge is 0.294 e. The lowest BCUT2D eigenvalue weighted by molar-refractivity contribution is 0.483. The highest BCUT2D eigenvalue weighted by Crippen LogP contribution is 2.12. The first kappa shape index (κ1) is 18.1. The SMILES string of the molecule is CCCc1ccc2ccccc2n1.Cc1ccc(S(=O)(=O)O)cc1. The highest BCUT2D eigenvalue weighted by Gasteiger charge is 2.06. The van der Waals surface area contributed by atoms with Crippen LogP contribution in [0.4, 0.5) is 0 Å². The smallest absolute Gasteiger partial charge is 0.282 e. The zero-order valence-corrected chi connectivity index (χ0v) is 14.6. The van der Waals surface area contributed by atoms with Crippen LogP contribution in [-0.4, -0.2) is 18.0 Å². The van der Waals surface area contributed by atoms with Crippen LogP contribution in [0.3, 0.4) is 0 Å². The highest BCUT2D eigenvalue weighted by molar-refractivity contribution is 7.85. The van der Waals surface area contributed by atoms with Crippen LogP contribution in [0.25, 0.3) is 10.9 Å². The topological polar surface area (TPSA) is 67.3 Å². The monoisotopic (exact) mass is 343 g/mol. The maximum absolute atomic E-state index is 10.5. The second-order valence-corrected chi connectivity index (χ2v) is 6.95. The maximum atomic E-state index is 10.5. The van der Waals surface area contributed by atoms with Gasteiger partial charge in [-0.1, -0.05) is 55.3 Å². The predicted molar refractivity (Wildman–Crippen MR) is 96.7 cm³/mol. The van der Waals surface area contributed by atoms with Crippen LogP contribution in [0.1, 0.15) is 24.6 Å². The van der Waals surface area contributed by atoms with Crippen molar-refractivity contribution in [2.45, 2.75) is 31.6 Å². The molecule has 0 bridgehead atoms. The van der Waals surface area contributed by atoms with Crippen LogP contribution in [0, 0.1) is 6.92 Å². The molecule has 0 unspecified atom stereocenters. The van der Waals surface area contributed by atoms with Gasteiger partial charge < -0.3 is 0 Å². The molecule has 0 aliphatic rings. The molecule has 0 radical (unpaired) electrons. The average molecular weight is 343 g/mol. The Bertz CT molecular complexity index is 903. The molecule has 0 aliphatic carbocycles. The summed E-state index contributed by atoms with van der Waals surface area (Å²) >= 11 is 0. The molecule has 126 valence electrons. The molecule has 24 heavy (non-hydrogen) atoms. The quantitative estimate of drug-likeness (QED) is 0.714. The Kier molecular flexibility index (Phi) is 6.06. The Hall–Kier alpha value is -2.24. The van der Waals surface area contributed by atoms with Gasteiger partial charge in [-0.2, -0.15) is 8.42 Å². The molecule has 5 heteroatoms. The van der Waals surface area contributed by atoms with Crippen molar-refractivity contribution in [2.24, 2.45) is 0 Å². The number of hydrogen-bond acceptors (Lipinski definition) is 3. The lowest BCUT2D eigenvalue weighted by atomic mass is 10.1. The summed E-state index contributed by atoms with van der Waals surface area (Å²) in [6, 6.07) is 18.5. The Labute approximate surface area is 142 Å². The van der Waals surface area contributed by atoms with Gasteiger partial charge >= 0.3 is 0 Å². The number of para-hydroxylation sites is 1. The minimum absolute atomic E-state index is 0.0666. The number of nitrogens with zero attached hydrogens (tertiary/aromatic N) is 1. The number of aromatic nitrogens is 1. The first-order chi connectivity index (χ1) is 11.4. The molecule has 1 N–H and O–H groups in total. The van der Waals surface area contributed by atoms with Crippen molar-refractivity contribution in [2.75, 3.05) is 0 Å². The fraction of sp³-hybridized carbons (Fsp3) is 0.211. The van der Waals surface area contributed by atoms with E-state index in [4.69, 9.17) is 4.55 Å². The van der Waals surface area contributed by atoms with Crippen LogP contribution >= 0.6 is 0 Å². The molecule has 0 aliphatic heterocycles. The van der Waals surface area contributed by atoms with Crippen molar-refractivity contribution in [3.63, 3.8) is 0 Å². The van der Waals surface area contributed by atoms with E-state index in [1.807, 2.05) is 19.1 Å². The molecule has 1 heterocycles. The van der Waals surface area contributed by atoms with E-state index in [1.165, 1.54) is 23.2 Å². The fourth-order valence-electron chi connectivity index (χ4n) is 2.21. The molecule has 2 aromatic carbocycles. The van der Waals surface area contributed by atoms with Crippen molar-refractivity contribution < 1.29 is 13.0 Å². The lowest BCUT2D eigenvalue weighted by Crippen LogP contribution is -1.96. The molecule has 0 saturated carbocycles. The molecule has 0 amide bonds. The summed E-state index contributed by atoms with van der Waals surface area (Å²) < 4.78 is 29.6. The molecule has 0 fully saturated rings. The Balaban J connectivity index is 0.000000177. The standard InChI is InChI=1S/C12H13N.C7H8O3S/c1-2-5-11-9-8-10-6-3-4-7-12(10)13-11;1-6-2-4-7(5-3-6)11(8,9)10/h3-4,6-9H,2,5H2,1H3;2-5H,1H3,(H,8,9,10). The van der Waals surface area contributed by atoms with Gasteiger partial charge in [0.05, 0.1) is 10.4 Å².